The summed E-state index contributed by atoms with van der Waals surface area (Å²) in [6, 6.07) is 10.3. The van der Waals surface area contributed by atoms with Gasteiger partial charge in [0.15, 0.2) is 0 Å². The smallest absolute Gasteiger partial charge is 0.236 e. The molecule has 1 aromatic carbocycles. The fourth-order valence-corrected chi connectivity index (χ4v) is 2.70. The van der Waals surface area contributed by atoms with E-state index in [1.165, 1.54) is 18.4 Å². The number of benzene rings is 1. The van der Waals surface area contributed by atoms with E-state index in [0.717, 1.165) is 13.1 Å². The van der Waals surface area contributed by atoms with Gasteiger partial charge in [0, 0.05) is 6.54 Å². The Hall–Kier alpha value is -1.39. The van der Waals surface area contributed by atoms with Crippen molar-refractivity contribution in [2.24, 2.45) is 5.73 Å². The monoisotopic (exact) mass is 275 g/mol. The largest absolute Gasteiger partial charge is 0.353 e. The Morgan fingerprint density at radius 2 is 1.95 bits per heavy atom. The number of hydrogen-bond donors (Lipinski definition) is 2. The summed E-state index contributed by atoms with van der Waals surface area (Å²) in [7, 11) is 0. The molecule has 1 aliphatic rings. The van der Waals surface area contributed by atoms with Crippen molar-refractivity contribution < 1.29 is 4.79 Å². The average Bonchev–Trinajstić information content (AvgIpc) is 3.01. The van der Waals surface area contributed by atoms with Crippen LogP contribution in [0, 0.1) is 0 Å². The summed E-state index contributed by atoms with van der Waals surface area (Å²) in [6.07, 6.45) is 3.16. The molecule has 1 aromatic rings. The lowest BCUT2D eigenvalue weighted by molar-refractivity contribution is -0.122. The molecule has 0 aromatic heterocycles. The third kappa shape index (κ3) is 3.81. The molecule has 2 atom stereocenters. The van der Waals surface area contributed by atoms with Crippen molar-refractivity contribution in [3.63, 3.8) is 0 Å². The molecular weight excluding hydrogens is 250 g/mol. The molecule has 2 unspecified atom stereocenters. The lowest BCUT2D eigenvalue weighted by Crippen LogP contribution is -2.44. The number of likely N-dealkylation sites (tertiary alicyclic amines) is 1. The molecule has 0 aliphatic carbocycles. The maximum absolute atomic E-state index is 11.9. The van der Waals surface area contributed by atoms with Gasteiger partial charge in [0.2, 0.25) is 5.91 Å². The zero-order valence-corrected chi connectivity index (χ0v) is 12.2. The number of rotatable bonds is 6. The van der Waals surface area contributed by atoms with Crippen molar-refractivity contribution in [1.29, 1.82) is 0 Å². The van der Waals surface area contributed by atoms with Gasteiger partial charge in [-0.1, -0.05) is 37.3 Å². The standard InChI is InChI=1S/C16H25N3O/c1-2-14(17)16(20)18-12-15(19-10-6-7-11-19)13-8-4-3-5-9-13/h3-5,8-9,14-15H,2,6-7,10-12,17H2,1H3,(H,18,20). The van der Waals surface area contributed by atoms with E-state index in [1.807, 2.05) is 13.0 Å². The number of amides is 1. The first kappa shape index (κ1) is 15.0. The van der Waals surface area contributed by atoms with Gasteiger partial charge in [-0.2, -0.15) is 0 Å². The SMILES string of the molecule is CCC(N)C(=O)NCC(c1ccccc1)N1CCCC1. The molecule has 0 radical (unpaired) electrons. The van der Waals surface area contributed by atoms with E-state index in [9.17, 15) is 4.79 Å². The van der Waals surface area contributed by atoms with Gasteiger partial charge in [-0.15, -0.1) is 0 Å². The zero-order valence-electron chi connectivity index (χ0n) is 12.2. The predicted octanol–water partition coefficient (Wildman–Crippen LogP) is 1.68. The number of carbonyl (C=O) groups is 1. The summed E-state index contributed by atoms with van der Waals surface area (Å²) < 4.78 is 0. The van der Waals surface area contributed by atoms with E-state index in [1.54, 1.807) is 0 Å². The third-order valence-corrected chi connectivity index (χ3v) is 4.01. The molecule has 4 nitrogen and oxygen atoms in total. The first-order valence-electron chi connectivity index (χ1n) is 7.54. The molecule has 2 rings (SSSR count). The van der Waals surface area contributed by atoms with Crippen LogP contribution >= 0.6 is 0 Å². The van der Waals surface area contributed by atoms with Gasteiger partial charge in [0.25, 0.3) is 0 Å². The van der Waals surface area contributed by atoms with Gasteiger partial charge >= 0.3 is 0 Å². The van der Waals surface area contributed by atoms with E-state index < -0.39 is 6.04 Å². The first-order valence-corrected chi connectivity index (χ1v) is 7.54. The minimum atomic E-state index is -0.398. The number of hydrogen-bond acceptors (Lipinski definition) is 3. The van der Waals surface area contributed by atoms with E-state index >= 15 is 0 Å². The summed E-state index contributed by atoms with van der Waals surface area (Å²) in [4.78, 5) is 14.3. The highest BCUT2D eigenvalue weighted by atomic mass is 16.2. The molecule has 0 saturated carbocycles. The second-order valence-electron chi connectivity index (χ2n) is 5.43. The van der Waals surface area contributed by atoms with E-state index in [-0.39, 0.29) is 11.9 Å². The van der Waals surface area contributed by atoms with Crippen LogP contribution in [0.1, 0.15) is 37.8 Å². The van der Waals surface area contributed by atoms with Crippen molar-refractivity contribution in [3.8, 4) is 0 Å². The quantitative estimate of drug-likeness (QED) is 0.830. The van der Waals surface area contributed by atoms with Gasteiger partial charge in [0.1, 0.15) is 0 Å². The highest BCUT2D eigenvalue weighted by Gasteiger charge is 2.24. The van der Waals surface area contributed by atoms with Gasteiger partial charge in [-0.3, -0.25) is 9.69 Å². The zero-order chi connectivity index (χ0) is 14.4. The molecule has 1 fully saturated rings. The second kappa shape index (κ2) is 7.41. The summed E-state index contributed by atoms with van der Waals surface area (Å²) in [6.45, 7) is 4.78. The Labute approximate surface area is 121 Å². The molecule has 3 N–H and O–H groups in total. The molecule has 0 spiro atoms. The molecule has 0 bridgehead atoms. The molecule has 4 heteroatoms. The summed E-state index contributed by atoms with van der Waals surface area (Å²) >= 11 is 0. The van der Waals surface area contributed by atoms with Crippen molar-refractivity contribution in [3.05, 3.63) is 35.9 Å². The molecular formula is C16H25N3O. The highest BCUT2D eigenvalue weighted by Crippen LogP contribution is 2.24. The number of nitrogens with two attached hydrogens (primary N) is 1. The topological polar surface area (TPSA) is 58.4 Å². The van der Waals surface area contributed by atoms with E-state index in [4.69, 9.17) is 5.73 Å². The Kier molecular flexibility index (Phi) is 5.56. The van der Waals surface area contributed by atoms with Crippen LogP contribution < -0.4 is 11.1 Å². The fourth-order valence-electron chi connectivity index (χ4n) is 2.70. The van der Waals surface area contributed by atoms with Crippen LogP contribution in [0.4, 0.5) is 0 Å². The van der Waals surface area contributed by atoms with Crippen molar-refractivity contribution in [2.45, 2.75) is 38.3 Å². The summed E-state index contributed by atoms with van der Waals surface area (Å²) in [5.74, 6) is -0.0485. The van der Waals surface area contributed by atoms with Gasteiger partial charge in [0.05, 0.1) is 12.1 Å². The van der Waals surface area contributed by atoms with Crippen molar-refractivity contribution >= 4 is 5.91 Å². The second-order valence-corrected chi connectivity index (χ2v) is 5.43. The van der Waals surface area contributed by atoms with Gasteiger partial charge in [-0.25, -0.2) is 0 Å². The van der Waals surface area contributed by atoms with Crippen LogP contribution in [0.25, 0.3) is 0 Å². The van der Waals surface area contributed by atoms with E-state index in [0.29, 0.717) is 13.0 Å². The van der Waals surface area contributed by atoms with Crippen LogP contribution in [-0.4, -0.2) is 36.5 Å². The molecule has 1 heterocycles. The van der Waals surface area contributed by atoms with Crippen molar-refractivity contribution in [2.75, 3.05) is 19.6 Å². The normalized spacial score (nSPS) is 18.7. The Bertz CT molecular complexity index is 415. The molecule has 1 amide bonds. The first-order chi connectivity index (χ1) is 9.72. The summed E-state index contributed by atoms with van der Waals surface area (Å²) in [5, 5.41) is 3.00. The van der Waals surface area contributed by atoms with Crippen LogP contribution in [0.5, 0.6) is 0 Å². The molecule has 20 heavy (non-hydrogen) atoms. The van der Waals surface area contributed by atoms with Gasteiger partial charge < -0.3 is 11.1 Å². The molecule has 110 valence electrons. The lowest BCUT2D eigenvalue weighted by Gasteiger charge is -2.28. The Balaban J connectivity index is 2.02. The molecule has 1 saturated heterocycles. The van der Waals surface area contributed by atoms with Crippen LogP contribution in [0.2, 0.25) is 0 Å². The minimum Gasteiger partial charge on any atom is -0.353 e. The number of nitrogens with one attached hydrogen (secondary N) is 1. The highest BCUT2D eigenvalue weighted by molar-refractivity contribution is 5.81. The van der Waals surface area contributed by atoms with Gasteiger partial charge in [-0.05, 0) is 37.9 Å². The lowest BCUT2D eigenvalue weighted by atomic mass is 10.1. The van der Waals surface area contributed by atoms with Crippen LogP contribution in [-0.2, 0) is 4.79 Å². The van der Waals surface area contributed by atoms with Crippen LogP contribution in [0.15, 0.2) is 30.3 Å². The predicted molar refractivity (Wildman–Crippen MR) is 81.3 cm³/mol. The van der Waals surface area contributed by atoms with Crippen LogP contribution in [0.3, 0.4) is 0 Å². The molecule has 1 aliphatic heterocycles. The fraction of sp³-hybridized carbons (Fsp3) is 0.562. The maximum atomic E-state index is 11.9. The third-order valence-electron chi connectivity index (χ3n) is 4.01. The Morgan fingerprint density at radius 3 is 2.55 bits per heavy atom. The summed E-state index contributed by atoms with van der Waals surface area (Å²) in [5.41, 5.74) is 7.03. The number of nitrogens with zero attached hydrogens (tertiary/aromatic N) is 1. The van der Waals surface area contributed by atoms with Crippen molar-refractivity contribution in [1.82, 2.24) is 10.2 Å². The number of carbonyl (C=O) groups excluding carboxylic acids is 1. The maximum Gasteiger partial charge on any atom is 0.236 e. The minimum absolute atomic E-state index is 0.0485. The average molecular weight is 275 g/mol. The van der Waals surface area contributed by atoms with E-state index in [2.05, 4.69) is 34.5 Å². The Morgan fingerprint density at radius 1 is 1.30 bits per heavy atom.